The monoisotopic (exact) mass is 333 g/mol. The van der Waals surface area contributed by atoms with Crippen LogP contribution >= 0.6 is 11.6 Å². The molecule has 0 aliphatic rings. The Bertz CT molecular complexity index is 674. The molecule has 0 saturated carbocycles. The van der Waals surface area contributed by atoms with Crippen molar-refractivity contribution in [1.29, 1.82) is 0 Å². The van der Waals surface area contributed by atoms with Crippen LogP contribution in [0.25, 0.3) is 5.69 Å². The molecule has 2 rings (SSSR count). The van der Waals surface area contributed by atoms with Gasteiger partial charge in [-0.25, -0.2) is 4.68 Å². The zero-order valence-electron chi connectivity index (χ0n) is 14.2. The lowest BCUT2D eigenvalue weighted by Gasteiger charge is -2.10. The predicted molar refractivity (Wildman–Crippen MR) is 94.5 cm³/mol. The molecule has 2 aromatic rings. The molecule has 4 nitrogen and oxygen atoms in total. The van der Waals surface area contributed by atoms with E-state index in [2.05, 4.69) is 24.3 Å². The molecule has 1 aromatic heterocycles. The quantitative estimate of drug-likeness (QED) is 0.867. The molecule has 0 radical (unpaired) electrons. The Hall–Kier alpha value is -1.81. The van der Waals surface area contributed by atoms with Gasteiger partial charge >= 0.3 is 0 Å². The maximum Gasteiger partial charge on any atom is 0.255 e. The van der Waals surface area contributed by atoms with E-state index in [9.17, 15) is 4.79 Å². The van der Waals surface area contributed by atoms with Crippen molar-refractivity contribution in [1.82, 2.24) is 15.1 Å². The molecule has 0 bridgehead atoms. The van der Waals surface area contributed by atoms with Crippen LogP contribution in [0.4, 0.5) is 0 Å². The van der Waals surface area contributed by atoms with Crippen LogP contribution in [0.15, 0.2) is 24.3 Å². The first kappa shape index (κ1) is 17.5. The molecule has 0 unspecified atom stereocenters. The van der Waals surface area contributed by atoms with E-state index in [0.29, 0.717) is 23.0 Å². The Morgan fingerprint density at radius 2 is 1.87 bits per heavy atom. The van der Waals surface area contributed by atoms with E-state index in [1.807, 2.05) is 42.8 Å². The lowest BCUT2D eigenvalue weighted by molar-refractivity contribution is 0.0947. The lowest BCUT2D eigenvalue weighted by Crippen LogP contribution is -2.28. The average molecular weight is 334 g/mol. The van der Waals surface area contributed by atoms with Gasteiger partial charge in [0.1, 0.15) is 0 Å². The highest BCUT2D eigenvalue weighted by molar-refractivity contribution is 6.30. The predicted octanol–water partition coefficient (Wildman–Crippen LogP) is 4.04. The molecule has 5 heteroatoms. The van der Waals surface area contributed by atoms with Crippen molar-refractivity contribution in [2.45, 2.75) is 40.5 Å². The molecule has 124 valence electrons. The SMILES string of the molecule is CCc1nn(-c2ccc(Cl)cc2)c(CC)c1C(=O)NCC(C)C. The summed E-state index contributed by atoms with van der Waals surface area (Å²) >= 11 is 5.96. The van der Waals surface area contributed by atoms with Crippen LogP contribution in [0, 0.1) is 5.92 Å². The van der Waals surface area contributed by atoms with E-state index in [4.69, 9.17) is 11.6 Å². The van der Waals surface area contributed by atoms with Crippen LogP contribution in [0.2, 0.25) is 5.02 Å². The van der Waals surface area contributed by atoms with Gasteiger partial charge in [-0.3, -0.25) is 4.79 Å². The fraction of sp³-hybridized carbons (Fsp3) is 0.444. The third kappa shape index (κ3) is 3.94. The standard InChI is InChI=1S/C18H24ClN3O/c1-5-15-17(18(23)20-11-12(3)4)16(6-2)22(21-15)14-9-7-13(19)8-10-14/h7-10,12H,5-6,11H2,1-4H3,(H,20,23). The fourth-order valence-corrected chi connectivity index (χ4v) is 2.65. The number of hydrogen-bond acceptors (Lipinski definition) is 2. The van der Waals surface area contributed by atoms with E-state index < -0.39 is 0 Å². The van der Waals surface area contributed by atoms with Crippen LogP contribution in [-0.4, -0.2) is 22.2 Å². The van der Waals surface area contributed by atoms with Crippen molar-refractivity contribution in [2.24, 2.45) is 5.92 Å². The second-order valence-corrected chi connectivity index (χ2v) is 6.40. The van der Waals surface area contributed by atoms with Gasteiger partial charge in [-0.15, -0.1) is 0 Å². The Morgan fingerprint density at radius 3 is 2.39 bits per heavy atom. The number of halogens is 1. The number of carbonyl (C=O) groups is 1. The first-order valence-electron chi connectivity index (χ1n) is 8.12. The van der Waals surface area contributed by atoms with Gasteiger partial charge in [-0.2, -0.15) is 5.10 Å². The molecule has 0 saturated heterocycles. The highest BCUT2D eigenvalue weighted by atomic mass is 35.5. The van der Waals surface area contributed by atoms with E-state index in [1.54, 1.807) is 0 Å². The molecule has 0 aliphatic heterocycles. The van der Waals surface area contributed by atoms with Crippen LogP contribution in [0.5, 0.6) is 0 Å². The first-order chi connectivity index (χ1) is 11.0. The molecule has 1 heterocycles. The van der Waals surface area contributed by atoms with Crippen LogP contribution < -0.4 is 5.32 Å². The maximum absolute atomic E-state index is 12.6. The maximum atomic E-state index is 12.6. The molecular weight excluding hydrogens is 310 g/mol. The number of aromatic nitrogens is 2. The lowest BCUT2D eigenvalue weighted by atomic mass is 10.1. The molecule has 0 aliphatic carbocycles. The highest BCUT2D eigenvalue weighted by Gasteiger charge is 2.22. The number of benzene rings is 1. The number of hydrogen-bond donors (Lipinski definition) is 1. The van der Waals surface area contributed by atoms with Crippen molar-refractivity contribution in [2.75, 3.05) is 6.54 Å². The number of carbonyl (C=O) groups excluding carboxylic acids is 1. The summed E-state index contributed by atoms with van der Waals surface area (Å²) in [6.45, 7) is 8.89. The zero-order chi connectivity index (χ0) is 17.0. The van der Waals surface area contributed by atoms with Crippen molar-refractivity contribution in [3.8, 4) is 5.69 Å². The van der Waals surface area contributed by atoms with Crippen molar-refractivity contribution < 1.29 is 4.79 Å². The fourth-order valence-electron chi connectivity index (χ4n) is 2.52. The number of nitrogens with one attached hydrogen (secondary N) is 1. The first-order valence-corrected chi connectivity index (χ1v) is 8.50. The van der Waals surface area contributed by atoms with E-state index in [1.165, 1.54) is 0 Å². The summed E-state index contributed by atoms with van der Waals surface area (Å²) in [7, 11) is 0. The Morgan fingerprint density at radius 1 is 1.22 bits per heavy atom. The molecule has 1 amide bonds. The summed E-state index contributed by atoms with van der Waals surface area (Å²) < 4.78 is 1.86. The smallest absolute Gasteiger partial charge is 0.255 e. The summed E-state index contributed by atoms with van der Waals surface area (Å²) in [6, 6.07) is 7.51. The topological polar surface area (TPSA) is 46.9 Å². The van der Waals surface area contributed by atoms with Crippen molar-refractivity contribution in [3.05, 3.63) is 46.2 Å². The van der Waals surface area contributed by atoms with Gasteiger partial charge in [-0.05, 0) is 43.0 Å². The molecule has 0 spiro atoms. The molecular formula is C18H24ClN3O. The van der Waals surface area contributed by atoms with Crippen LogP contribution in [-0.2, 0) is 12.8 Å². The Balaban J connectivity index is 2.46. The number of rotatable bonds is 6. The van der Waals surface area contributed by atoms with Gasteiger partial charge in [0.25, 0.3) is 5.91 Å². The number of nitrogens with zero attached hydrogens (tertiary/aromatic N) is 2. The van der Waals surface area contributed by atoms with Crippen LogP contribution in [0.1, 0.15) is 49.4 Å². The average Bonchev–Trinajstić information content (AvgIpc) is 2.91. The number of aryl methyl sites for hydroxylation is 1. The second-order valence-electron chi connectivity index (χ2n) is 5.97. The molecule has 1 aromatic carbocycles. The molecule has 0 atom stereocenters. The minimum atomic E-state index is -0.0346. The zero-order valence-corrected chi connectivity index (χ0v) is 14.9. The van der Waals surface area contributed by atoms with Gasteiger partial charge in [0, 0.05) is 11.6 Å². The van der Waals surface area contributed by atoms with Gasteiger partial charge in [0.2, 0.25) is 0 Å². The third-order valence-corrected chi connectivity index (χ3v) is 3.94. The summed E-state index contributed by atoms with van der Waals surface area (Å²) in [5, 5.41) is 8.35. The molecule has 0 fully saturated rings. The third-order valence-electron chi connectivity index (χ3n) is 3.69. The van der Waals surface area contributed by atoms with E-state index in [0.717, 1.165) is 29.9 Å². The molecule has 23 heavy (non-hydrogen) atoms. The van der Waals surface area contributed by atoms with Gasteiger partial charge < -0.3 is 5.32 Å². The highest BCUT2D eigenvalue weighted by Crippen LogP contribution is 2.22. The normalized spacial score (nSPS) is 11.0. The van der Waals surface area contributed by atoms with Crippen LogP contribution in [0.3, 0.4) is 0 Å². The minimum absolute atomic E-state index is 0.0346. The Kier molecular flexibility index (Phi) is 5.83. The number of amides is 1. The van der Waals surface area contributed by atoms with Gasteiger partial charge in [0.05, 0.1) is 22.6 Å². The van der Waals surface area contributed by atoms with Crippen molar-refractivity contribution in [3.63, 3.8) is 0 Å². The summed E-state index contributed by atoms with van der Waals surface area (Å²) in [4.78, 5) is 12.6. The summed E-state index contributed by atoms with van der Waals surface area (Å²) in [5.41, 5.74) is 3.40. The van der Waals surface area contributed by atoms with E-state index in [-0.39, 0.29) is 5.91 Å². The Labute approximate surface area is 142 Å². The van der Waals surface area contributed by atoms with E-state index >= 15 is 0 Å². The van der Waals surface area contributed by atoms with Gasteiger partial charge in [-0.1, -0.05) is 39.3 Å². The molecule has 1 N–H and O–H groups in total. The van der Waals surface area contributed by atoms with Gasteiger partial charge in [0.15, 0.2) is 0 Å². The summed E-state index contributed by atoms with van der Waals surface area (Å²) in [6.07, 6.45) is 1.46. The van der Waals surface area contributed by atoms with Crippen molar-refractivity contribution >= 4 is 17.5 Å². The largest absolute Gasteiger partial charge is 0.352 e. The second kappa shape index (κ2) is 7.64. The summed E-state index contributed by atoms with van der Waals surface area (Å²) in [5.74, 6) is 0.382. The minimum Gasteiger partial charge on any atom is -0.352 e.